The van der Waals surface area contributed by atoms with Crippen molar-refractivity contribution in [2.45, 2.75) is 86.0 Å². The zero-order chi connectivity index (χ0) is 19.9. The van der Waals surface area contributed by atoms with Crippen LogP contribution in [0.15, 0.2) is 0 Å². The maximum atomic E-state index is 12.2. The van der Waals surface area contributed by atoms with Crippen LogP contribution in [0, 0.1) is 5.41 Å². The lowest BCUT2D eigenvalue weighted by molar-refractivity contribution is -0.182. The van der Waals surface area contributed by atoms with Crippen LogP contribution in [0.3, 0.4) is 0 Å². The van der Waals surface area contributed by atoms with Crippen molar-refractivity contribution in [3.8, 4) is 0 Å². The number of carbonyl (C=O) groups is 2. The Hall–Kier alpha value is -1.14. The number of hydrogen-bond acceptors (Lipinski definition) is 6. The quantitative estimate of drug-likeness (QED) is 0.438. The van der Waals surface area contributed by atoms with Crippen molar-refractivity contribution in [3.05, 3.63) is 0 Å². The average molecular weight is 360 g/mol. The fraction of sp³-hybridized carbons (Fsp3) is 0.895. The highest BCUT2D eigenvalue weighted by Gasteiger charge is 2.33. The van der Waals surface area contributed by atoms with Gasteiger partial charge in [0.15, 0.2) is 5.60 Å². The van der Waals surface area contributed by atoms with E-state index >= 15 is 0 Å². The largest absolute Gasteiger partial charge is 0.463 e. The maximum absolute atomic E-state index is 12.2. The van der Waals surface area contributed by atoms with E-state index in [2.05, 4.69) is 0 Å². The van der Waals surface area contributed by atoms with Crippen molar-refractivity contribution in [1.82, 2.24) is 0 Å². The highest BCUT2D eigenvalue weighted by Crippen LogP contribution is 2.22. The van der Waals surface area contributed by atoms with E-state index in [-0.39, 0.29) is 24.8 Å². The van der Waals surface area contributed by atoms with Gasteiger partial charge in [0.25, 0.3) is 0 Å². The summed E-state index contributed by atoms with van der Waals surface area (Å²) in [5.74, 6) is -0.748. The second-order valence-electron chi connectivity index (χ2n) is 8.37. The van der Waals surface area contributed by atoms with Gasteiger partial charge in [-0.15, -0.1) is 0 Å². The van der Waals surface area contributed by atoms with Crippen molar-refractivity contribution in [1.29, 1.82) is 0 Å². The molecule has 0 fully saturated rings. The summed E-state index contributed by atoms with van der Waals surface area (Å²) in [5, 5.41) is 0. The fourth-order valence-electron chi connectivity index (χ4n) is 1.77. The molecule has 0 aromatic heterocycles. The first-order valence-corrected chi connectivity index (χ1v) is 8.87. The first-order valence-electron chi connectivity index (χ1n) is 8.87. The Kier molecular flexibility index (Phi) is 9.09. The Morgan fingerprint density at radius 3 is 1.92 bits per heavy atom. The Bertz CT molecular complexity index is 434. The van der Waals surface area contributed by atoms with E-state index < -0.39 is 23.1 Å². The Morgan fingerprint density at radius 1 is 0.880 bits per heavy atom. The highest BCUT2D eigenvalue weighted by atomic mass is 16.6. The standard InChI is InChI=1S/C19H36O6/c1-10-18(6,7)15(20)23-13-14(2)25-19(8,9)16(21)22-11-12-24-17(3,4)5/h14H,10-13H2,1-9H3. The van der Waals surface area contributed by atoms with Gasteiger partial charge in [0.05, 0.1) is 23.7 Å². The predicted octanol–water partition coefficient (Wildman–Crippen LogP) is 3.51. The lowest BCUT2D eigenvalue weighted by Crippen LogP contribution is -2.41. The molecule has 1 atom stereocenters. The van der Waals surface area contributed by atoms with Gasteiger partial charge in [-0.05, 0) is 61.8 Å². The molecule has 0 aliphatic rings. The molecule has 0 heterocycles. The molecule has 148 valence electrons. The molecule has 0 saturated heterocycles. The van der Waals surface area contributed by atoms with E-state index in [9.17, 15) is 9.59 Å². The summed E-state index contributed by atoms with van der Waals surface area (Å²) in [4.78, 5) is 24.1. The maximum Gasteiger partial charge on any atom is 0.337 e. The monoisotopic (exact) mass is 360 g/mol. The molecule has 25 heavy (non-hydrogen) atoms. The van der Waals surface area contributed by atoms with Crippen molar-refractivity contribution in [2.24, 2.45) is 5.41 Å². The molecule has 0 aromatic rings. The molecule has 0 spiro atoms. The molecule has 0 rings (SSSR count). The molecule has 0 N–H and O–H groups in total. The molecule has 6 heteroatoms. The third kappa shape index (κ3) is 9.80. The van der Waals surface area contributed by atoms with Crippen molar-refractivity contribution in [2.75, 3.05) is 19.8 Å². The third-order valence-corrected chi connectivity index (χ3v) is 3.72. The number of carbonyl (C=O) groups excluding carboxylic acids is 2. The van der Waals surface area contributed by atoms with Crippen molar-refractivity contribution >= 4 is 11.9 Å². The molecular formula is C19H36O6. The zero-order valence-corrected chi connectivity index (χ0v) is 17.4. The van der Waals surface area contributed by atoms with Crippen LogP contribution in [0.5, 0.6) is 0 Å². The molecule has 0 aromatic carbocycles. The summed E-state index contributed by atoms with van der Waals surface area (Å²) >= 11 is 0. The van der Waals surface area contributed by atoms with Crippen LogP contribution in [0.25, 0.3) is 0 Å². The van der Waals surface area contributed by atoms with Gasteiger partial charge in [-0.2, -0.15) is 0 Å². The second kappa shape index (κ2) is 9.53. The van der Waals surface area contributed by atoms with Crippen LogP contribution in [0.4, 0.5) is 0 Å². The number of rotatable bonds is 10. The van der Waals surface area contributed by atoms with Gasteiger partial charge in [-0.25, -0.2) is 4.79 Å². The molecule has 1 unspecified atom stereocenters. The van der Waals surface area contributed by atoms with Gasteiger partial charge in [-0.3, -0.25) is 4.79 Å². The van der Waals surface area contributed by atoms with Gasteiger partial charge in [0, 0.05) is 0 Å². The van der Waals surface area contributed by atoms with E-state index in [0.717, 1.165) is 0 Å². The number of ether oxygens (including phenoxy) is 4. The smallest absolute Gasteiger partial charge is 0.337 e. The fourth-order valence-corrected chi connectivity index (χ4v) is 1.77. The van der Waals surface area contributed by atoms with Crippen LogP contribution < -0.4 is 0 Å². The van der Waals surface area contributed by atoms with Gasteiger partial charge >= 0.3 is 11.9 Å². The molecule has 0 bridgehead atoms. The van der Waals surface area contributed by atoms with Gasteiger partial charge < -0.3 is 18.9 Å². The third-order valence-electron chi connectivity index (χ3n) is 3.72. The van der Waals surface area contributed by atoms with E-state index in [1.807, 2.05) is 41.5 Å². The first-order chi connectivity index (χ1) is 11.2. The SMILES string of the molecule is CCC(C)(C)C(=O)OCC(C)OC(C)(C)C(=O)OCCOC(C)(C)C. The minimum Gasteiger partial charge on any atom is -0.463 e. The highest BCUT2D eigenvalue weighted by molar-refractivity contribution is 5.78. The normalized spacial score (nSPS) is 14.1. The average Bonchev–Trinajstić information content (AvgIpc) is 2.47. The van der Waals surface area contributed by atoms with E-state index in [0.29, 0.717) is 13.0 Å². The number of hydrogen-bond donors (Lipinski definition) is 0. The Morgan fingerprint density at radius 2 is 1.44 bits per heavy atom. The molecule has 6 nitrogen and oxygen atoms in total. The minimum absolute atomic E-state index is 0.0894. The van der Waals surface area contributed by atoms with E-state index in [4.69, 9.17) is 18.9 Å². The van der Waals surface area contributed by atoms with Gasteiger partial charge in [-0.1, -0.05) is 6.92 Å². The molecule has 0 aliphatic heterocycles. The van der Waals surface area contributed by atoms with Crippen LogP contribution in [0.1, 0.15) is 68.7 Å². The summed E-state index contributed by atoms with van der Waals surface area (Å²) in [6, 6.07) is 0. The Balaban J connectivity index is 4.31. The lowest BCUT2D eigenvalue weighted by atomic mass is 9.91. The van der Waals surface area contributed by atoms with E-state index in [1.54, 1.807) is 20.8 Å². The van der Waals surface area contributed by atoms with Gasteiger partial charge in [0.2, 0.25) is 0 Å². The second-order valence-corrected chi connectivity index (χ2v) is 8.37. The van der Waals surface area contributed by atoms with Crippen molar-refractivity contribution in [3.63, 3.8) is 0 Å². The molecule has 0 aliphatic carbocycles. The molecule has 0 radical (unpaired) electrons. The summed E-state index contributed by atoms with van der Waals surface area (Å²) in [6.07, 6.45) is 0.264. The summed E-state index contributed by atoms with van der Waals surface area (Å²) in [6.45, 7) is 17.0. The lowest BCUT2D eigenvalue weighted by Gasteiger charge is -2.28. The van der Waals surface area contributed by atoms with E-state index in [1.165, 1.54) is 0 Å². The topological polar surface area (TPSA) is 71.1 Å². The number of esters is 2. The van der Waals surface area contributed by atoms with Crippen LogP contribution in [-0.4, -0.2) is 49.1 Å². The van der Waals surface area contributed by atoms with Crippen molar-refractivity contribution < 1.29 is 28.5 Å². The molecular weight excluding hydrogens is 324 g/mol. The summed E-state index contributed by atoms with van der Waals surface area (Å²) in [5.41, 5.74) is -1.93. The summed E-state index contributed by atoms with van der Waals surface area (Å²) in [7, 11) is 0. The van der Waals surface area contributed by atoms with Gasteiger partial charge in [0.1, 0.15) is 13.2 Å². The van der Waals surface area contributed by atoms with Crippen LogP contribution >= 0.6 is 0 Å². The van der Waals surface area contributed by atoms with Crippen LogP contribution in [-0.2, 0) is 28.5 Å². The Labute approximate surface area is 152 Å². The minimum atomic E-state index is -1.13. The summed E-state index contributed by atoms with van der Waals surface area (Å²) < 4.78 is 21.7. The predicted molar refractivity (Wildman–Crippen MR) is 96.3 cm³/mol. The molecule has 0 amide bonds. The van der Waals surface area contributed by atoms with Crippen LogP contribution in [0.2, 0.25) is 0 Å². The zero-order valence-electron chi connectivity index (χ0n) is 17.4. The molecule has 0 saturated carbocycles. The first kappa shape index (κ1) is 23.9.